The number of hydrogen-bond donors (Lipinski definition) is 2. The van der Waals surface area contributed by atoms with Gasteiger partial charge in [-0.3, -0.25) is 4.79 Å². The largest absolute Gasteiger partial charge is 0.401 e. The molecule has 1 aromatic carbocycles. The molecule has 0 fully saturated rings. The van der Waals surface area contributed by atoms with E-state index in [0.29, 0.717) is 6.42 Å². The number of alkyl halides is 3. The van der Waals surface area contributed by atoms with Gasteiger partial charge in [0.1, 0.15) is 0 Å². The molecule has 1 unspecified atom stereocenters. The fraction of sp³-hybridized carbons (Fsp3) is 0.462. The van der Waals surface area contributed by atoms with Crippen molar-refractivity contribution < 1.29 is 18.0 Å². The first-order valence-electron chi connectivity index (χ1n) is 6.07. The van der Waals surface area contributed by atoms with Crippen LogP contribution in [0.2, 0.25) is 0 Å². The predicted molar refractivity (Wildman–Crippen MR) is 74.4 cm³/mol. The van der Waals surface area contributed by atoms with E-state index in [1.807, 2.05) is 31.2 Å². The second kappa shape index (κ2) is 7.64. The molecule has 1 aromatic rings. The highest BCUT2D eigenvalue weighted by atomic mass is 79.9. The maximum absolute atomic E-state index is 11.9. The number of nitrogens with one attached hydrogen (secondary N) is 2. The van der Waals surface area contributed by atoms with Crippen LogP contribution in [-0.4, -0.2) is 31.2 Å². The van der Waals surface area contributed by atoms with Crippen LogP contribution < -0.4 is 10.6 Å². The average molecular weight is 353 g/mol. The Morgan fingerprint density at radius 2 is 1.90 bits per heavy atom. The van der Waals surface area contributed by atoms with Gasteiger partial charge in [-0.25, -0.2) is 0 Å². The zero-order valence-corrected chi connectivity index (χ0v) is 12.5. The van der Waals surface area contributed by atoms with Gasteiger partial charge in [0.15, 0.2) is 0 Å². The van der Waals surface area contributed by atoms with Crippen molar-refractivity contribution in [2.24, 2.45) is 0 Å². The third kappa shape index (κ3) is 7.49. The molecule has 0 radical (unpaired) electrons. The average Bonchev–Trinajstić information content (AvgIpc) is 2.30. The fourth-order valence-corrected chi connectivity index (χ4v) is 1.93. The third-order valence-corrected chi connectivity index (χ3v) is 3.00. The Morgan fingerprint density at radius 1 is 1.30 bits per heavy atom. The van der Waals surface area contributed by atoms with Crippen LogP contribution in [0.5, 0.6) is 0 Å². The Hall–Kier alpha value is -1.08. The van der Waals surface area contributed by atoms with Gasteiger partial charge in [0, 0.05) is 10.5 Å². The molecule has 1 amide bonds. The lowest BCUT2D eigenvalue weighted by Crippen LogP contribution is -2.42. The molecule has 7 heteroatoms. The van der Waals surface area contributed by atoms with Gasteiger partial charge in [0.25, 0.3) is 0 Å². The van der Waals surface area contributed by atoms with Gasteiger partial charge >= 0.3 is 6.18 Å². The third-order valence-electron chi connectivity index (χ3n) is 2.47. The summed E-state index contributed by atoms with van der Waals surface area (Å²) in [6, 6.07) is 7.50. The highest BCUT2D eigenvalue weighted by Crippen LogP contribution is 2.12. The van der Waals surface area contributed by atoms with Crippen LogP contribution in [-0.2, 0) is 11.2 Å². The Balaban J connectivity index is 2.29. The van der Waals surface area contributed by atoms with Crippen LogP contribution in [0.15, 0.2) is 28.7 Å². The van der Waals surface area contributed by atoms with Crippen molar-refractivity contribution in [1.29, 1.82) is 0 Å². The number of hydrogen-bond acceptors (Lipinski definition) is 2. The number of carbonyl (C=O) groups is 1. The molecule has 0 heterocycles. The summed E-state index contributed by atoms with van der Waals surface area (Å²) in [6.07, 6.45) is -3.68. The molecule has 1 atom stereocenters. The van der Waals surface area contributed by atoms with Crippen LogP contribution in [0, 0.1) is 0 Å². The van der Waals surface area contributed by atoms with E-state index in [1.165, 1.54) is 0 Å². The first-order valence-corrected chi connectivity index (χ1v) is 6.87. The Kier molecular flexibility index (Phi) is 6.48. The maximum Gasteiger partial charge on any atom is 0.401 e. The van der Waals surface area contributed by atoms with E-state index in [2.05, 4.69) is 26.6 Å². The minimum absolute atomic E-state index is 0.142. The van der Waals surface area contributed by atoms with Crippen LogP contribution in [0.3, 0.4) is 0 Å². The van der Waals surface area contributed by atoms with Crippen LogP contribution in [0.4, 0.5) is 13.2 Å². The van der Waals surface area contributed by atoms with Crippen molar-refractivity contribution in [2.45, 2.75) is 25.6 Å². The molecule has 0 spiro atoms. The molecule has 0 aliphatic heterocycles. The summed E-state index contributed by atoms with van der Waals surface area (Å²) in [4.78, 5) is 11.4. The van der Waals surface area contributed by atoms with Crippen molar-refractivity contribution in [2.75, 3.05) is 13.1 Å². The number of halogens is 4. The highest BCUT2D eigenvalue weighted by molar-refractivity contribution is 9.10. The fourth-order valence-electron chi connectivity index (χ4n) is 1.67. The second-order valence-electron chi connectivity index (χ2n) is 4.52. The van der Waals surface area contributed by atoms with E-state index in [4.69, 9.17) is 0 Å². The van der Waals surface area contributed by atoms with E-state index in [1.54, 1.807) is 0 Å². The standard InChI is InChI=1S/C13H16BrF3N2O/c1-9(6-10-2-4-11(14)5-3-10)19-12(20)7-18-8-13(15,16)17/h2-5,9,18H,6-8H2,1H3,(H,19,20). The smallest absolute Gasteiger partial charge is 0.352 e. The molecule has 112 valence electrons. The molecule has 1 rings (SSSR count). The van der Waals surface area contributed by atoms with Gasteiger partial charge in [0.2, 0.25) is 5.91 Å². The van der Waals surface area contributed by atoms with Gasteiger partial charge in [-0.1, -0.05) is 28.1 Å². The van der Waals surface area contributed by atoms with Crippen LogP contribution >= 0.6 is 15.9 Å². The van der Waals surface area contributed by atoms with E-state index in [9.17, 15) is 18.0 Å². The first kappa shape index (κ1) is 17.0. The minimum Gasteiger partial charge on any atom is -0.352 e. The van der Waals surface area contributed by atoms with Crippen molar-refractivity contribution in [3.05, 3.63) is 34.3 Å². The molecular weight excluding hydrogens is 337 g/mol. The van der Waals surface area contributed by atoms with Crippen molar-refractivity contribution in [1.82, 2.24) is 10.6 Å². The first-order chi connectivity index (χ1) is 9.26. The monoisotopic (exact) mass is 352 g/mol. The van der Waals surface area contributed by atoms with Gasteiger partial charge in [-0.2, -0.15) is 13.2 Å². The molecule has 0 aromatic heterocycles. The summed E-state index contributed by atoms with van der Waals surface area (Å²) in [5.41, 5.74) is 1.05. The van der Waals surface area contributed by atoms with Gasteiger partial charge in [-0.05, 0) is 31.0 Å². The van der Waals surface area contributed by atoms with Crippen molar-refractivity contribution >= 4 is 21.8 Å². The normalized spacial score (nSPS) is 13.1. The minimum atomic E-state index is -4.30. The Morgan fingerprint density at radius 3 is 2.45 bits per heavy atom. The lowest BCUT2D eigenvalue weighted by Gasteiger charge is -2.15. The molecular formula is C13H16BrF3N2O. The van der Waals surface area contributed by atoms with E-state index < -0.39 is 18.6 Å². The zero-order valence-electron chi connectivity index (χ0n) is 10.9. The van der Waals surface area contributed by atoms with Gasteiger partial charge < -0.3 is 10.6 Å². The topological polar surface area (TPSA) is 41.1 Å². The Bertz CT molecular complexity index is 434. The molecule has 0 aliphatic rings. The summed E-state index contributed by atoms with van der Waals surface area (Å²) < 4.78 is 36.6. The summed E-state index contributed by atoms with van der Waals surface area (Å²) >= 11 is 3.33. The zero-order chi connectivity index (χ0) is 15.2. The van der Waals surface area contributed by atoms with E-state index in [0.717, 1.165) is 10.0 Å². The van der Waals surface area contributed by atoms with E-state index >= 15 is 0 Å². The summed E-state index contributed by atoms with van der Waals surface area (Å²) in [6.45, 7) is 0.301. The summed E-state index contributed by atoms with van der Waals surface area (Å²) in [5, 5.41) is 4.71. The predicted octanol–water partition coefficient (Wildman–Crippen LogP) is 2.65. The lowest BCUT2D eigenvalue weighted by atomic mass is 10.1. The number of amides is 1. The summed E-state index contributed by atoms with van der Waals surface area (Å²) in [5.74, 6) is -0.445. The molecule has 0 saturated heterocycles. The molecule has 2 N–H and O–H groups in total. The van der Waals surface area contributed by atoms with Crippen molar-refractivity contribution in [3.8, 4) is 0 Å². The molecule has 3 nitrogen and oxygen atoms in total. The molecule has 0 aliphatic carbocycles. The van der Waals surface area contributed by atoms with Crippen LogP contribution in [0.1, 0.15) is 12.5 Å². The quantitative estimate of drug-likeness (QED) is 0.826. The highest BCUT2D eigenvalue weighted by Gasteiger charge is 2.26. The number of rotatable bonds is 6. The molecule has 0 saturated carbocycles. The number of carbonyl (C=O) groups excluding carboxylic acids is 1. The SMILES string of the molecule is CC(Cc1ccc(Br)cc1)NC(=O)CNCC(F)(F)F. The van der Waals surface area contributed by atoms with Gasteiger partial charge in [0.05, 0.1) is 13.1 Å². The summed E-state index contributed by atoms with van der Waals surface area (Å²) in [7, 11) is 0. The van der Waals surface area contributed by atoms with Crippen molar-refractivity contribution in [3.63, 3.8) is 0 Å². The number of benzene rings is 1. The Labute approximate surface area is 124 Å². The molecule has 0 bridgehead atoms. The van der Waals surface area contributed by atoms with E-state index in [-0.39, 0.29) is 12.6 Å². The molecule has 20 heavy (non-hydrogen) atoms. The van der Waals surface area contributed by atoms with Gasteiger partial charge in [-0.15, -0.1) is 0 Å². The van der Waals surface area contributed by atoms with Crippen LogP contribution in [0.25, 0.3) is 0 Å². The maximum atomic E-state index is 11.9. The second-order valence-corrected chi connectivity index (χ2v) is 5.43. The lowest BCUT2D eigenvalue weighted by molar-refractivity contribution is -0.128.